The van der Waals surface area contributed by atoms with Crippen molar-refractivity contribution in [2.24, 2.45) is 5.92 Å². The molecular formula is C13H15N3O3. The molecule has 6 nitrogen and oxygen atoms in total. The van der Waals surface area contributed by atoms with Gasteiger partial charge < -0.3 is 9.84 Å². The Labute approximate surface area is 110 Å². The second-order valence-corrected chi connectivity index (χ2v) is 4.87. The van der Waals surface area contributed by atoms with Gasteiger partial charge in [0.1, 0.15) is 11.0 Å². The number of carbonyl (C=O) groups is 1. The van der Waals surface area contributed by atoms with E-state index in [0.717, 1.165) is 13.0 Å². The third kappa shape index (κ3) is 2.08. The Morgan fingerprint density at radius 3 is 3.11 bits per heavy atom. The highest BCUT2D eigenvalue weighted by Crippen LogP contribution is 2.24. The van der Waals surface area contributed by atoms with Crippen LogP contribution in [0, 0.1) is 5.92 Å². The van der Waals surface area contributed by atoms with Crippen LogP contribution in [0.5, 0.6) is 0 Å². The first-order valence-electron chi connectivity index (χ1n) is 6.34. The number of ether oxygens (including phenoxy) is 1. The number of carboxylic acid groups (broad SMARTS) is 1. The van der Waals surface area contributed by atoms with E-state index in [0.29, 0.717) is 23.5 Å². The van der Waals surface area contributed by atoms with Crippen molar-refractivity contribution in [2.75, 3.05) is 6.61 Å². The number of aromatic nitrogens is 3. The number of carboxylic acids is 1. The number of nitrogens with zero attached hydrogens (tertiary/aromatic N) is 3. The molecule has 0 amide bonds. The van der Waals surface area contributed by atoms with Crippen LogP contribution in [0.15, 0.2) is 18.2 Å². The Bertz CT molecular complexity index is 623. The summed E-state index contributed by atoms with van der Waals surface area (Å²) in [6.45, 7) is 3.43. The first-order valence-corrected chi connectivity index (χ1v) is 6.34. The lowest BCUT2D eigenvalue weighted by Gasteiger charge is -2.14. The van der Waals surface area contributed by atoms with Gasteiger partial charge in [0.2, 0.25) is 0 Å². The molecule has 1 aromatic carbocycles. The smallest absolute Gasteiger partial charge is 0.337 e. The van der Waals surface area contributed by atoms with Crippen molar-refractivity contribution < 1.29 is 14.6 Å². The monoisotopic (exact) mass is 261 g/mol. The average Bonchev–Trinajstić information content (AvgIpc) is 2.97. The van der Waals surface area contributed by atoms with Crippen LogP contribution in [-0.2, 0) is 11.3 Å². The molecule has 2 unspecified atom stereocenters. The molecule has 1 aromatic heterocycles. The van der Waals surface area contributed by atoms with Crippen LogP contribution in [-0.4, -0.2) is 38.8 Å². The van der Waals surface area contributed by atoms with Crippen LogP contribution >= 0.6 is 0 Å². The molecular weight excluding hydrogens is 246 g/mol. The van der Waals surface area contributed by atoms with Crippen LogP contribution < -0.4 is 0 Å². The van der Waals surface area contributed by atoms with E-state index in [1.165, 1.54) is 0 Å². The molecule has 0 radical (unpaired) electrons. The molecule has 6 heteroatoms. The molecule has 100 valence electrons. The zero-order valence-electron chi connectivity index (χ0n) is 10.6. The van der Waals surface area contributed by atoms with E-state index < -0.39 is 5.97 Å². The van der Waals surface area contributed by atoms with Crippen LogP contribution in [0.1, 0.15) is 23.7 Å². The van der Waals surface area contributed by atoms with Crippen molar-refractivity contribution >= 4 is 17.0 Å². The van der Waals surface area contributed by atoms with E-state index in [2.05, 4.69) is 10.3 Å². The van der Waals surface area contributed by atoms with Gasteiger partial charge in [-0.05, 0) is 25.5 Å². The molecule has 3 rings (SSSR count). The highest BCUT2D eigenvalue weighted by Gasteiger charge is 2.26. The SMILES string of the molecule is CC1OCCC1Cn1nnc2cccc(C(=O)O)c21. The minimum absolute atomic E-state index is 0.177. The van der Waals surface area contributed by atoms with E-state index in [1.807, 2.05) is 6.92 Å². The van der Waals surface area contributed by atoms with Gasteiger partial charge in [-0.25, -0.2) is 9.48 Å². The third-order valence-electron chi connectivity index (χ3n) is 3.70. The first-order chi connectivity index (χ1) is 9.16. The molecule has 2 aromatic rings. The van der Waals surface area contributed by atoms with E-state index in [-0.39, 0.29) is 11.7 Å². The summed E-state index contributed by atoms with van der Waals surface area (Å²) in [5.41, 5.74) is 1.45. The molecule has 1 aliphatic heterocycles. The fourth-order valence-electron chi connectivity index (χ4n) is 2.57. The minimum Gasteiger partial charge on any atom is -0.478 e. The Hall–Kier alpha value is -1.95. The number of aromatic carboxylic acids is 1. The van der Waals surface area contributed by atoms with Gasteiger partial charge in [-0.15, -0.1) is 5.10 Å². The topological polar surface area (TPSA) is 77.2 Å². The van der Waals surface area contributed by atoms with Crippen molar-refractivity contribution in [3.05, 3.63) is 23.8 Å². The number of hydrogen-bond donors (Lipinski definition) is 1. The Morgan fingerprint density at radius 2 is 2.42 bits per heavy atom. The number of rotatable bonds is 3. The van der Waals surface area contributed by atoms with E-state index >= 15 is 0 Å². The van der Waals surface area contributed by atoms with Crippen molar-refractivity contribution in [3.63, 3.8) is 0 Å². The van der Waals surface area contributed by atoms with Gasteiger partial charge in [0.05, 0.1) is 11.7 Å². The number of para-hydroxylation sites is 1. The van der Waals surface area contributed by atoms with Gasteiger partial charge in [-0.2, -0.15) is 0 Å². The molecule has 2 heterocycles. The van der Waals surface area contributed by atoms with Crippen molar-refractivity contribution in [1.29, 1.82) is 0 Å². The number of benzene rings is 1. The predicted molar refractivity (Wildman–Crippen MR) is 68.0 cm³/mol. The zero-order chi connectivity index (χ0) is 13.4. The maximum absolute atomic E-state index is 11.3. The van der Waals surface area contributed by atoms with Crippen molar-refractivity contribution in [3.8, 4) is 0 Å². The van der Waals surface area contributed by atoms with Gasteiger partial charge >= 0.3 is 5.97 Å². The first kappa shape index (κ1) is 12.1. The summed E-state index contributed by atoms with van der Waals surface area (Å²) in [6, 6.07) is 5.05. The lowest BCUT2D eigenvalue weighted by molar-refractivity contribution is 0.0698. The van der Waals surface area contributed by atoms with E-state index in [1.54, 1.807) is 22.9 Å². The lowest BCUT2D eigenvalue weighted by Crippen LogP contribution is -2.19. The zero-order valence-corrected chi connectivity index (χ0v) is 10.6. The summed E-state index contributed by atoms with van der Waals surface area (Å²) in [4.78, 5) is 11.3. The second-order valence-electron chi connectivity index (χ2n) is 4.87. The summed E-state index contributed by atoms with van der Waals surface area (Å²) >= 11 is 0. The molecule has 0 saturated carbocycles. The molecule has 1 aliphatic rings. The van der Waals surface area contributed by atoms with Crippen LogP contribution in [0.4, 0.5) is 0 Å². The molecule has 0 spiro atoms. The standard InChI is InChI=1S/C13H15N3O3/c1-8-9(5-6-19-8)7-16-12-10(13(17)18)3-2-4-11(12)14-15-16/h2-4,8-9H,5-7H2,1H3,(H,17,18). The molecule has 19 heavy (non-hydrogen) atoms. The summed E-state index contributed by atoms with van der Waals surface area (Å²) in [6.07, 6.45) is 1.15. The van der Waals surface area contributed by atoms with Crippen molar-refractivity contribution in [1.82, 2.24) is 15.0 Å². The normalized spacial score (nSPS) is 23.0. The minimum atomic E-state index is -0.954. The average molecular weight is 261 g/mol. The van der Waals surface area contributed by atoms with Gasteiger partial charge in [0.25, 0.3) is 0 Å². The lowest BCUT2D eigenvalue weighted by atomic mass is 10.0. The van der Waals surface area contributed by atoms with Crippen LogP contribution in [0.25, 0.3) is 11.0 Å². The quantitative estimate of drug-likeness (QED) is 0.907. The van der Waals surface area contributed by atoms with E-state index in [4.69, 9.17) is 4.74 Å². The van der Waals surface area contributed by atoms with Gasteiger partial charge in [0, 0.05) is 19.1 Å². The van der Waals surface area contributed by atoms with Gasteiger partial charge in [-0.1, -0.05) is 11.3 Å². The number of hydrogen-bond acceptors (Lipinski definition) is 4. The fourth-order valence-corrected chi connectivity index (χ4v) is 2.57. The van der Waals surface area contributed by atoms with Crippen LogP contribution in [0.3, 0.4) is 0 Å². The third-order valence-corrected chi connectivity index (χ3v) is 3.70. The summed E-state index contributed by atoms with van der Waals surface area (Å²) in [7, 11) is 0. The Kier molecular flexibility index (Phi) is 2.94. The van der Waals surface area contributed by atoms with E-state index in [9.17, 15) is 9.90 Å². The Morgan fingerprint density at radius 1 is 1.58 bits per heavy atom. The molecule has 1 fully saturated rings. The Balaban J connectivity index is 2.01. The molecule has 1 N–H and O–H groups in total. The largest absolute Gasteiger partial charge is 0.478 e. The summed E-state index contributed by atoms with van der Waals surface area (Å²) < 4.78 is 7.22. The summed E-state index contributed by atoms with van der Waals surface area (Å²) in [5, 5.41) is 17.4. The molecule has 1 saturated heterocycles. The summed E-state index contributed by atoms with van der Waals surface area (Å²) in [5.74, 6) is -0.600. The highest BCUT2D eigenvalue weighted by atomic mass is 16.5. The second kappa shape index (κ2) is 4.62. The fraction of sp³-hybridized carbons (Fsp3) is 0.462. The maximum atomic E-state index is 11.3. The molecule has 2 atom stereocenters. The van der Waals surface area contributed by atoms with Crippen molar-refractivity contribution in [2.45, 2.75) is 26.0 Å². The number of fused-ring (bicyclic) bond motifs is 1. The predicted octanol–water partition coefficient (Wildman–Crippen LogP) is 1.55. The van der Waals surface area contributed by atoms with Crippen LogP contribution in [0.2, 0.25) is 0 Å². The van der Waals surface area contributed by atoms with Gasteiger partial charge in [0.15, 0.2) is 0 Å². The van der Waals surface area contributed by atoms with Gasteiger partial charge in [-0.3, -0.25) is 0 Å². The molecule has 0 bridgehead atoms. The highest BCUT2D eigenvalue weighted by molar-refractivity contribution is 6.00. The maximum Gasteiger partial charge on any atom is 0.337 e. The molecule has 0 aliphatic carbocycles.